The first-order valence-electron chi connectivity index (χ1n) is 23.0. The van der Waals surface area contributed by atoms with Crippen LogP contribution in [0.2, 0.25) is 0 Å². The summed E-state index contributed by atoms with van der Waals surface area (Å²) in [5, 5.41) is 64.1. The lowest BCUT2D eigenvalue weighted by Gasteiger charge is -2.67. The summed E-state index contributed by atoms with van der Waals surface area (Å²) >= 11 is 0. The van der Waals surface area contributed by atoms with Gasteiger partial charge in [-0.2, -0.15) is 0 Å². The van der Waals surface area contributed by atoms with Crippen LogP contribution < -0.4 is 5.32 Å². The topological polar surface area (TPSA) is 302 Å². The number of carbonyl (C=O) groups excluding carboxylic acids is 6. The highest BCUT2D eigenvalue weighted by molar-refractivity contribution is 5.94. The molecule has 1 amide bonds. The summed E-state index contributed by atoms with van der Waals surface area (Å²) in [7, 11) is 0. The number of fused-ring (bicyclic) bond motifs is 5. The first-order chi connectivity index (χ1) is 33.0. The van der Waals surface area contributed by atoms with Crippen molar-refractivity contribution >= 4 is 41.4 Å². The molecule has 2 aromatic carbocycles. The predicted molar refractivity (Wildman–Crippen MR) is 241 cm³/mol. The Kier molecular flexibility index (Phi) is 14.5. The molecule has 1 aliphatic heterocycles. The maximum atomic E-state index is 15.4. The lowest BCUT2D eigenvalue weighted by molar-refractivity contribution is -0.392. The summed E-state index contributed by atoms with van der Waals surface area (Å²) in [6.07, 6.45) is -10.7. The second-order valence-electron chi connectivity index (χ2n) is 19.2. The number of carbonyl (C=O) groups is 6. The first kappa shape index (κ1) is 51.5. The van der Waals surface area contributed by atoms with Crippen molar-refractivity contribution in [3.05, 3.63) is 105 Å². The molecule has 7 rings (SSSR count). The Labute approximate surface area is 402 Å². The number of hydrogen-bond donors (Lipinski definition) is 5. The SMILES string of the molecule is CC(=O)NC(c1ccccc1)C(O)C(=O)OC1CC2(O)C(OC(=O)c3ccccc3)C3[C@]4(O)COC4CC(OC(=O)CCCC(=O)OCCn4c([N+](=O)[O-])cnc4C)[C@@]3(C)C(=O)C(O)C(=C1C)C2(C)C. The Hall–Kier alpha value is -6.39. The van der Waals surface area contributed by atoms with Crippen LogP contribution in [0.3, 0.4) is 0 Å². The molecule has 9 unspecified atom stereocenters. The number of imidazole rings is 1. The van der Waals surface area contributed by atoms with Gasteiger partial charge in [0.2, 0.25) is 5.91 Å². The number of ether oxygens (including phenoxy) is 5. The molecule has 1 saturated heterocycles. The zero-order valence-electron chi connectivity index (χ0n) is 39.6. The van der Waals surface area contributed by atoms with E-state index in [1.807, 2.05) is 0 Å². The third-order valence-electron chi connectivity index (χ3n) is 14.8. The van der Waals surface area contributed by atoms with Crippen molar-refractivity contribution < 1.29 is 77.8 Å². The summed E-state index contributed by atoms with van der Waals surface area (Å²) in [5.74, 6) is -6.98. The summed E-state index contributed by atoms with van der Waals surface area (Å²) in [4.78, 5) is 97.0. The van der Waals surface area contributed by atoms with Crippen LogP contribution in [0.15, 0.2) is 78.0 Å². The van der Waals surface area contributed by atoms with Crippen molar-refractivity contribution in [1.82, 2.24) is 14.9 Å². The molecule has 4 aliphatic rings. The molecule has 5 N–H and O–H groups in total. The molecule has 376 valence electrons. The molecule has 11 atom stereocenters. The second kappa shape index (κ2) is 19.8. The minimum atomic E-state index is -2.43. The standard InChI is InChI=1S/C49H58N4O17/c1-26-31(68-45(61)40(58)38(51-28(3)54)29-14-9-7-10-15-29)23-49(63)43(70-44(60)30-16-11-8-12-17-30)41-47(6,42(59)39(57)37(26)46(49,4)5)32(22-33-48(41,62)25-67-33)69-36(56)19-13-18-35(55)66-21-20-52-27(2)50-24-34(52)53(64)65/h7-12,14-17,24,31-33,38-41,43,57-58,62-63H,13,18-23,25H2,1-6H3,(H,51,54)/t31?,32?,33?,38?,39?,40?,41?,43?,47-,48+,49?/m1/s1. The van der Waals surface area contributed by atoms with E-state index in [1.54, 1.807) is 55.5 Å². The number of benzene rings is 2. The van der Waals surface area contributed by atoms with Gasteiger partial charge in [-0.1, -0.05) is 62.4 Å². The number of Topliss-reactive ketones (excluding diaryl/α,β-unsaturated/α-hetero) is 1. The molecule has 3 fully saturated rings. The molecule has 21 heteroatoms. The molecule has 0 radical (unpaired) electrons. The van der Waals surface area contributed by atoms with E-state index in [0.29, 0.717) is 11.4 Å². The number of amides is 1. The third-order valence-corrected chi connectivity index (χ3v) is 14.8. The van der Waals surface area contributed by atoms with E-state index in [1.165, 1.54) is 51.3 Å². The fourth-order valence-electron chi connectivity index (χ4n) is 10.9. The number of rotatable bonds is 16. The molecule has 1 aromatic heterocycles. The highest BCUT2D eigenvalue weighted by atomic mass is 16.6. The van der Waals surface area contributed by atoms with Crippen LogP contribution in [0.4, 0.5) is 5.82 Å². The van der Waals surface area contributed by atoms with Gasteiger partial charge < -0.3 is 59.5 Å². The van der Waals surface area contributed by atoms with E-state index in [4.69, 9.17) is 23.7 Å². The average molecular weight is 975 g/mol. The zero-order valence-corrected chi connectivity index (χ0v) is 39.6. The van der Waals surface area contributed by atoms with Crippen molar-refractivity contribution in [2.45, 2.75) is 134 Å². The third kappa shape index (κ3) is 9.23. The van der Waals surface area contributed by atoms with E-state index in [-0.39, 0.29) is 61.4 Å². The summed E-state index contributed by atoms with van der Waals surface area (Å²) in [6, 6.07) is 14.6. The number of nitro groups is 1. The predicted octanol–water partition coefficient (Wildman–Crippen LogP) is 2.68. The number of nitrogens with zero attached hydrogens (tertiary/aromatic N) is 3. The molecule has 2 heterocycles. The number of aryl methyl sites for hydroxylation is 1. The van der Waals surface area contributed by atoms with Gasteiger partial charge in [0, 0.05) is 50.9 Å². The van der Waals surface area contributed by atoms with Gasteiger partial charge in [-0.05, 0) is 54.0 Å². The number of aromatic nitrogens is 2. The van der Waals surface area contributed by atoms with Crippen molar-refractivity contribution in [3.63, 3.8) is 0 Å². The fraction of sp³-hybridized carbons (Fsp3) is 0.531. The molecule has 0 spiro atoms. The Bertz CT molecular complexity index is 2560. The molecule has 2 saturated carbocycles. The quantitative estimate of drug-likeness (QED) is 0.0453. The van der Waals surface area contributed by atoms with Crippen LogP contribution in [0, 0.1) is 33.8 Å². The Morgan fingerprint density at radius 1 is 0.971 bits per heavy atom. The monoisotopic (exact) mass is 974 g/mol. The van der Waals surface area contributed by atoms with E-state index >= 15 is 4.79 Å². The minimum absolute atomic E-state index is 0.0293. The highest BCUT2D eigenvalue weighted by Crippen LogP contribution is 2.63. The summed E-state index contributed by atoms with van der Waals surface area (Å²) in [5.41, 5.74) is -7.96. The lowest BCUT2D eigenvalue weighted by Crippen LogP contribution is -2.81. The lowest BCUT2D eigenvalue weighted by atomic mass is 9.44. The van der Waals surface area contributed by atoms with Crippen LogP contribution in [-0.4, -0.2) is 132 Å². The zero-order chi connectivity index (χ0) is 51.1. The van der Waals surface area contributed by atoms with Gasteiger partial charge in [0.15, 0.2) is 17.7 Å². The number of aliphatic hydroxyl groups excluding tert-OH is 2. The highest BCUT2D eigenvalue weighted by Gasteiger charge is 2.77. The molecule has 70 heavy (non-hydrogen) atoms. The van der Waals surface area contributed by atoms with Crippen molar-refractivity contribution in [3.8, 4) is 0 Å². The van der Waals surface area contributed by atoms with E-state index in [0.717, 1.165) is 6.20 Å². The van der Waals surface area contributed by atoms with Gasteiger partial charge in [-0.15, -0.1) is 0 Å². The number of nitrogens with one attached hydrogen (secondary N) is 1. The second-order valence-corrected chi connectivity index (χ2v) is 19.2. The molecular formula is C49H58N4O17. The average Bonchev–Trinajstić information content (AvgIpc) is 3.69. The van der Waals surface area contributed by atoms with Crippen LogP contribution in [0.5, 0.6) is 0 Å². The Balaban J connectivity index is 1.21. The summed E-state index contributed by atoms with van der Waals surface area (Å²) in [6.45, 7) is 7.93. The molecule has 2 bridgehead atoms. The molecule has 21 nitrogen and oxygen atoms in total. The molecule has 3 aliphatic carbocycles. The fourth-order valence-corrected chi connectivity index (χ4v) is 10.9. The van der Waals surface area contributed by atoms with Crippen molar-refractivity contribution in [1.29, 1.82) is 0 Å². The van der Waals surface area contributed by atoms with Crippen LogP contribution in [0.1, 0.15) is 94.5 Å². The van der Waals surface area contributed by atoms with Gasteiger partial charge in [-0.25, -0.2) is 19.1 Å². The number of aliphatic hydroxyl groups is 4. The van der Waals surface area contributed by atoms with Crippen molar-refractivity contribution in [2.75, 3.05) is 13.2 Å². The van der Waals surface area contributed by atoms with Crippen LogP contribution >= 0.6 is 0 Å². The number of ketones is 1. The maximum Gasteiger partial charge on any atom is 0.342 e. The number of esters is 4. The maximum absolute atomic E-state index is 15.4. The largest absolute Gasteiger partial charge is 0.461 e. The van der Waals surface area contributed by atoms with Gasteiger partial charge in [0.25, 0.3) is 0 Å². The van der Waals surface area contributed by atoms with Gasteiger partial charge in [-0.3, -0.25) is 19.2 Å². The van der Waals surface area contributed by atoms with Crippen LogP contribution in [-0.2, 0) is 54.2 Å². The van der Waals surface area contributed by atoms with Gasteiger partial charge >= 0.3 is 29.7 Å². The number of hydrogen-bond acceptors (Lipinski definition) is 18. The van der Waals surface area contributed by atoms with E-state index in [9.17, 15) is 54.5 Å². The normalized spacial score (nSPS) is 29.6. The van der Waals surface area contributed by atoms with E-state index < -0.39 is 124 Å². The van der Waals surface area contributed by atoms with E-state index in [2.05, 4.69) is 10.3 Å². The Morgan fingerprint density at radius 2 is 1.61 bits per heavy atom. The molecular weight excluding hydrogens is 917 g/mol. The summed E-state index contributed by atoms with van der Waals surface area (Å²) < 4.78 is 30.7. The van der Waals surface area contributed by atoms with Crippen LogP contribution in [0.25, 0.3) is 0 Å². The van der Waals surface area contributed by atoms with Gasteiger partial charge in [0.05, 0.1) is 29.7 Å². The van der Waals surface area contributed by atoms with Gasteiger partial charge in [0.1, 0.15) is 55.0 Å². The first-order valence-corrected chi connectivity index (χ1v) is 23.0. The Morgan fingerprint density at radius 3 is 2.23 bits per heavy atom. The smallest absolute Gasteiger partial charge is 0.342 e. The minimum Gasteiger partial charge on any atom is -0.461 e. The molecule has 3 aromatic rings. The van der Waals surface area contributed by atoms with Crippen molar-refractivity contribution in [2.24, 2.45) is 16.7 Å².